The van der Waals surface area contributed by atoms with E-state index in [1.54, 1.807) is 6.07 Å². The highest BCUT2D eigenvalue weighted by Gasteiger charge is 2.24. The molecule has 0 radical (unpaired) electrons. The maximum Gasteiger partial charge on any atom is 0.252 e. The second-order valence-corrected chi connectivity index (χ2v) is 8.72. The third-order valence-electron chi connectivity index (χ3n) is 2.88. The summed E-state index contributed by atoms with van der Waals surface area (Å²) < 4.78 is 26.1. The summed E-state index contributed by atoms with van der Waals surface area (Å²) in [7, 11) is -2.35. The molecule has 1 aromatic carbocycles. The number of aryl methyl sites for hydroxylation is 1. The topological polar surface area (TPSA) is 66.5 Å². The van der Waals surface area contributed by atoms with Gasteiger partial charge in [-0.2, -0.15) is 4.31 Å². The molecular weight excluding hydrogens is 344 g/mol. The molecular formula is C14H15ClN2O3S2. The quantitative estimate of drug-likeness (QED) is 0.893. The van der Waals surface area contributed by atoms with Gasteiger partial charge in [0.15, 0.2) is 0 Å². The lowest BCUT2D eigenvalue weighted by molar-refractivity contribution is -0.116. The molecule has 0 bridgehead atoms. The van der Waals surface area contributed by atoms with Crippen LogP contribution in [0.5, 0.6) is 0 Å². The molecule has 0 atom stereocenters. The molecule has 2 aromatic rings. The number of anilines is 1. The Balaban J connectivity index is 2.05. The predicted octanol–water partition coefficient (Wildman–Crippen LogP) is 2.97. The van der Waals surface area contributed by atoms with Crippen molar-refractivity contribution in [2.75, 3.05) is 18.9 Å². The molecule has 0 fully saturated rings. The maximum atomic E-state index is 12.3. The van der Waals surface area contributed by atoms with Crippen LogP contribution in [0.2, 0.25) is 4.34 Å². The van der Waals surface area contributed by atoms with Gasteiger partial charge in [-0.3, -0.25) is 4.79 Å². The predicted molar refractivity (Wildman–Crippen MR) is 89.0 cm³/mol. The summed E-state index contributed by atoms with van der Waals surface area (Å²) in [6, 6.07) is 10.2. The minimum Gasteiger partial charge on any atom is -0.325 e. The Bertz CT molecular complexity index is 787. The molecule has 0 aliphatic rings. The number of nitrogens with one attached hydrogen (secondary N) is 1. The van der Waals surface area contributed by atoms with E-state index in [9.17, 15) is 13.2 Å². The van der Waals surface area contributed by atoms with Gasteiger partial charge in [0.05, 0.1) is 10.9 Å². The van der Waals surface area contributed by atoms with E-state index >= 15 is 0 Å². The van der Waals surface area contributed by atoms with Gasteiger partial charge in [-0.05, 0) is 36.8 Å². The summed E-state index contributed by atoms with van der Waals surface area (Å²) in [5.41, 5.74) is 1.64. The van der Waals surface area contributed by atoms with Crippen LogP contribution in [0, 0.1) is 6.92 Å². The Morgan fingerprint density at radius 1 is 1.32 bits per heavy atom. The van der Waals surface area contributed by atoms with Crippen LogP contribution in [-0.4, -0.2) is 32.2 Å². The monoisotopic (exact) mass is 358 g/mol. The molecule has 2 rings (SSSR count). The first kappa shape index (κ1) is 17.0. The molecule has 0 saturated carbocycles. The van der Waals surface area contributed by atoms with Crippen molar-refractivity contribution < 1.29 is 13.2 Å². The van der Waals surface area contributed by atoms with Crippen LogP contribution in [0.25, 0.3) is 0 Å². The number of rotatable bonds is 5. The number of nitrogens with zero attached hydrogens (tertiary/aromatic N) is 1. The molecule has 118 valence electrons. The third-order valence-corrected chi connectivity index (χ3v) is 6.38. The van der Waals surface area contributed by atoms with E-state index in [1.807, 2.05) is 25.1 Å². The summed E-state index contributed by atoms with van der Waals surface area (Å²) in [5.74, 6) is -0.403. The van der Waals surface area contributed by atoms with E-state index in [0.717, 1.165) is 21.2 Å². The van der Waals surface area contributed by atoms with Crippen LogP contribution in [-0.2, 0) is 14.8 Å². The zero-order valence-corrected chi connectivity index (χ0v) is 14.4. The first-order chi connectivity index (χ1) is 10.3. The number of halogens is 1. The highest BCUT2D eigenvalue weighted by molar-refractivity contribution is 7.91. The van der Waals surface area contributed by atoms with E-state index in [2.05, 4.69) is 5.32 Å². The van der Waals surface area contributed by atoms with E-state index < -0.39 is 15.9 Å². The van der Waals surface area contributed by atoms with Gasteiger partial charge < -0.3 is 5.32 Å². The molecule has 5 nitrogen and oxygen atoms in total. The summed E-state index contributed by atoms with van der Waals surface area (Å²) in [5, 5.41) is 2.67. The number of benzene rings is 1. The number of hydrogen-bond donors (Lipinski definition) is 1. The van der Waals surface area contributed by atoms with Crippen molar-refractivity contribution in [3.8, 4) is 0 Å². The average molecular weight is 359 g/mol. The molecule has 0 aliphatic heterocycles. The molecule has 1 heterocycles. The van der Waals surface area contributed by atoms with Gasteiger partial charge in [-0.15, -0.1) is 11.3 Å². The van der Waals surface area contributed by atoms with Gasteiger partial charge in [-0.25, -0.2) is 8.42 Å². The second kappa shape index (κ2) is 6.78. The standard InChI is InChI=1S/C14H15ClN2O3S2/c1-10-4-3-5-11(8-10)16-13(18)9-17(2)22(19,20)14-7-6-12(15)21-14/h3-8H,9H2,1-2H3,(H,16,18). The van der Waals surface area contributed by atoms with Crippen LogP contribution < -0.4 is 5.32 Å². The number of carbonyl (C=O) groups excluding carboxylic acids is 1. The summed E-state index contributed by atoms with van der Waals surface area (Å²) >= 11 is 6.72. The lowest BCUT2D eigenvalue weighted by atomic mass is 10.2. The number of likely N-dealkylation sites (N-methyl/N-ethyl adjacent to an activating group) is 1. The molecule has 0 spiro atoms. The molecule has 1 aromatic heterocycles. The number of carbonyl (C=O) groups is 1. The fraction of sp³-hybridized carbons (Fsp3) is 0.214. The lowest BCUT2D eigenvalue weighted by Crippen LogP contribution is -2.34. The van der Waals surface area contributed by atoms with Crippen molar-refractivity contribution in [1.82, 2.24) is 4.31 Å². The molecule has 22 heavy (non-hydrogen) atoms. The number of thiophene rings is 1. The van der Waals surface area contributed by atoms with E-state index in [4.69, 9.17) is 11.6 Å². The Hall–Kier alpha value is -1.41. The number of sulfonamides is 1. The maximum absolute atomic E-state index is 12.3. The van der Waals surface area contributed by atoms with Crippen LogP contribution in [0.4, 0.5) is 5.69 Å². The Morgan fingerprint density at radius 2 is 2.05 bits per heavy atom. The first-order valence-electron chi connectivity index (χ1n) is 6.37. The first-order valence-corrected chi connectivity index (χ1v) is 9.00. The molecule has 0 unspecified atom stereocenters. The van der Waals surface area contributed by atoms with Crippen molar-refractivity contribution in [2.24, 2.45) is 0 Å². The molecule has 1 amide bonds. The molecule has 8 heteroatoms. The third kappa shape index (κ3) is 4.07. The summed E-state index contributed by atoms with van der Waals surface area (Å²) in [4.78, 5) is 12.0. The second-order valence-electron chi connectivity index (χ2n) is 4.74. The number of hydrogen-bond acceptors (Lipinski definition) is 4. The van der Waals surface area contributed by atoms with Crippen LogP contribution in [0.3, 0.4) is 0 Å². The van der Waals surface area contributed by atoms with Crippen molar-refractivity contribution in [3.63, 3.8) is 0 Å². The van der Waals surface area contributed by atoms with E-state index in [-0.39, 0.29) is 10.8 Å². The Kier molecular flexibility index (Phi) is 5.23. The fourth-order valence-electron chi connectivity index (χ4n) is 1.80. The van der Waals surface area contributed by atoms with Crippen LogP contribution in [0.15, 0.2) is 40.6 Å². The summed E-state index contributed by atoms with van der Waals surface area (Å²) in [6.45, 7) is 1.64. The van der Waals surface area contributed by atoms with Crippen molar-refractivity contribution in [1.29, 1.82) is 0 Å². The number of amides is 1. The highest BCUT2D eigenvalue weighted by atomic mass is 35.5. The summed E-state index contributed by atoms with van der Waals surface area (Å²) in [6.07, 6.45) is 0. The van der Waals surface area contributed by atoms with Crippen LogP contribution >= 0.6 is 22.9 Å². The highest BCUT2D eigenvalue weighted by Crippen LogP contribution is 2.27. The normalized spacial score (nSPS) is 11.6. The molecule has 0 aliphatic carbocycles. The minimum absolute atomic E-state index is 0.114. The smallest absolute Gasteiger partial charge is 0.252 e. The fourth-order valence-corrected chi connectivity index (χ4v) is 4.62. The van der Waals surface area contributed by atoms with Gasteiger partial charge in [0, 0.05) is 12.7 Å². The largest absolute Gasteiger partial charge is 0.325 e. The lowest BCUT2D eigenvalue weighted by Gasteiger charge is -2.15. The van der Waals surface area contributed by atoms with E-state index in [1.165, 1.54) is 19.2 Å². The molecule has 1 N–H and O–H groups in total. The van der Waals surface area contributed by atoms with Gasteiger partial charge in [-0.1, -0.05) is 23.7 Å². The van der Waals surface area contributed by atoms with Gasteiger partial charge in [0.25, 0.3) is 10.0 Å². The van der Waals surface area contributed by atoms with Crippen molar-refractivity contribution in [2.45, 2.75) is 11.1 Å². The Morgan fingerprint density at radius 3 is 2.64 bits per heavy atom. The SMILES string of the molecule is Cc1cccc(NC(=O)CN(C)S(=O)(=O)c2ccc(Cl)s2)c1. The average Bonchev–Trinajstić information content (AvgIpc) is 2.85. The van der Waals surface area contributed by atoms with E-state index in [0.29, 0.717) is 10.0 Å². The van der Waals surface area contributed by atoms with Gasteiger partial charge in [0.1, 0.15) is 4.21 Å². The van der Waals surface area contributed by atoms with Gasteiger partial charge >= 0.3 is 0 Å². The van der Waals surface area contributed by atoms with Crippen LogP contribution in [0.1, 0.15) is 5.56 Å². The zero-order chi connectivity index (χ0) is 16.3. The van der Waals surface area contributed by atoms with Gasteiger partial charge in [0.2, 0.25) is 5.91 Å². The minimum atomic E-state index is -3.71. The van der Waals surface area contributed by atoms with Crippen molar-refractivity contribution >= 4 is 44.6 Å². The van der Waals surface area contributed by atoms with Crippen molar-refractivity contribution in [3.05, 3.63) is 46.3 Å². The molecule has 0 saturated heterocycles. The Labute approximate surface area is 138 Å². The zero-order valence-electron chi connectivity index (χ0n) is 12.0.